The summed E-state index contributed by atoms with van der Waals surface area (Å²) in [5, 5.41) is 0. The summed E-state index contributed by atoms with van der Waals surface area (Å²) in [6.07, 6.45) is 16.5. The van der Waals surface area contributed by atoms with Gasteiger partial charge in [-0.15, -0.1) is 0 Å². The van der Waals surface area contributed by atoms with Crippen LogP contribution >= 0.6 is 7.82 Å². The first-order valence-corrected chi connectivity index (χ1v) is 14.9. The minimum atomic E-state index is -5.39. The molecule has 0 N–H and O–H groups in total. The fourth-order valence-electron chi connectivity index (χ4n) is 2.97. The number of pyridine rings is 3. The number of hydrogen-bond donors (Lipinski definition) is 0. The molecule has 212 valence electrons. The van der Waals surface area contributed by atoms with Crippen LogP contribution in [-0.4, -0.2) is 0 Å². The number of nitrogens with zero attached hydrogens (tertiary/aromatic N) is 3. The van der Waals surface area contributed by atoms with Crippen molar-refractivity contribution in [3.63, 3.8) is 0 Å². The first kappa shape index (κ1) is 35.6. The molecule has 3 rings (SSSR count). The molecule has 0 unspecified atom stereocenters. The van der Waals surface area contributed by atoms with Crippen molar-refractivity contribution < 1.29 is 32.9 Å². The van der Waals surface area contributed by atoms with Crippen LogP contribution in [0.15, 0.2) is 91.8 Å². The van der Waals surface area contributed by atoms with E-state index in [1.165, 1.54) is 19.3 Å². The average Bonchev–Trinajstić information content (AvgIpc) is 2.87. The lowest BCUT2D eigenvalue weighted by Crippen LogP contribution is -2.32. The number of aromatic nitrogens is 3. The van der Waals surface area contributed by atoms with Gasteiger partial charge in [-0.1, -0.05) is 59.7 Å². The molecule has 7 nitrogen and oxygen atoms in total. The van der Waals surface area contributed by atoms with E-state index in [1.807, 2.05) is 18.2 Å². The highest BCUT2D eigenvalue weighted by Gasteiger charge is 2.01. The molecule has 3 aromatic heterocycles. The molecule has 0 spiro atoms. The van der Waals surface area contributed by atoms with Crippen molar-refractivity contribution in [2.24, 2.45) is 17.8 Å². The molecule has 0 bridgehead atoms. The fraction of sp³-hybridized carbons (Fsp3) is 0.500. The molecular formula is C30H48N3O4P. The first-order valence-electron chi connectivity index (χ1n) is 13.4. The first-order chi connectivity index (χ1) is 17.9. The summed E-state index contributed by atoms with van der Waals surface area (Å²) in [4.78, 5) is 25.6. The van der Waals surface area contributed by atoms with Crippen molar-refractivity contribution >= 4 is 7.82 Å². The number of aryl methyl sites for hydroxylation is 3. The largest absolute Gasteiger partial charge is 0.822 e. The third-order valence-corrected chi connectivity index (χ3v) is 5.23. The highest BCUT2D eigenvalue weighted by Crippen LogP contribution is 2.03. The topological polar surface area (TPSA) is 97.9 Å². The van der Waals surface area contributed by atoms with Crippen LogP contribution in [0.4, 0.5) is 0 Å². The van der Waals surface area contributed by atoms with Crippen molar-refractivity contribution in [3.05, 3.63) is 91.8 Å². The molecule has 38 heavy (non-hydrogen) atoms. The molecule has 0 radical (unpaired) electrons. The van der Waals surface area contributed by atoms with Gasteiger partial charge in [0.1, 0.15) is 19.6 Å². The third kappa shape index (κ3) is 26.6. The van der Waals surface area contributed by atoms with E-state index in [0.29, 0.717) is 0 Å². The minimum absolute atomic E-state index is 0.794. The van der Waals surface area contributed by atoms with Crippen molar-refractivity contribution in [1.29, 1.82) is 0 Å². The van der Waals surface area contributed by atoms with Crippen LogP contribution in [0.1, 0.15) is 60.8 Å². The maximum Gasteiger partial charge on any atom is 0.168 e. The van der Waals surface area contributed by atoms with Gasteiger partial charge in [-0.05, 0) is 17.8 Å². The minimum Gasteiger partial charge on any atom is -0.822 e. The van der Waals surface area contributed by atoms with E-state index in [4.69, 9.17) is 19.2 Å². The molecule has 0 atom stereocenters. The Morgan fingerprint density at radius 2 is 0.658 bits per heavy atom. The van der Waals surface area contributed by atoms with Crippen LogP contribution in [0.5, 0.6) is 0 Å². The predicted octanol–water partition coefficient (Wildman–Crippen LogP) is 3.24. The van der Waals surface area contributed by atoms with Crippen LogP contribution in [0, 0.1) is 17.8 Å². The molecule has 0 saturated carbocycles. The van der Waals surface area contributed by atoms with E-state index >= 15 is 0 Å². The zero-order valence-electron chi connectivity index (χ0n) is 24.1. The van der Waals surface area contributed by atoms with E-state index < -0.39 is 7.82 Å². The summed E-state index contributed by atoms with van der Waals surface area (Å²) in [7, 11) is -5.39. The van der Waals surface area contributed by atoms with Gasteiger partial charge in [-0.2, -0.15) is 7.82 Å². The van der Waals surface area contributed by atoms with Gasteiger partial charge in [0.15, 0.2) is 37.2 Å². The molecule has 0 aliphatic rings. The van der Waals surface area contributed by atoms with Gasteiger partial charge >= 0.3 is 0 Å². The summed E-state index contributed by atoms with van der Waals surface area (Å²) in [6.45, 7) is 16.9. The zero-order valence-corrected chi connectivity index (χ0v) is 25.0. The lowest BCUT2D eigenvalue weighted by molar-refractivity contribution is -0.698. The third-order valence-electron chi connectivity index (χ3n) is 5.23. The molecule has 0 aliphatic carbocycles. The van der Waals surface area contributed by atoms with Gasteiger partial charge in [0.2, 0.25) is 0 Å². The van der Waals surface area contributed by atoms with E-state index in [-0.39, 0.29) is 0 Å². The van der Waals surface area contributed by atoms with Crippen LogP contribution < -0.4 is 28.4 Å². The molecule has 0 aromatic carbocycles. The van der Waals surface area contributed by atoms with Crippen molar-refractivity contribution in [3.8, 4) is 0 Å². The standard InChI is InChI=1S/3C10H16N.H3O4P/c3*1-10(2)6-9-11-7-4-3-5-8-11;1-5(2,3)4/h3*3-5,7-8,10H,6,9H2,1-2H3;(H3,1,2,3,4)/q3*+1;/p-3. The Labute approximate surface area is 230 Å². The zero-order chi connectivity index (χ0) is 28.8. The maximum atomic E-state index is 8.55. The smallest absolute Gasteiger partial charge is 0.168 e. The van der Waals surface area contributed by atoms with Crippen LogP contribution in [-0.2, 0) is 24.2 Å². The Hall–Kier alpha value is -2.44. The summed E-state index contributed by atoms with van der Waals surface area (Å²) >= 11 is 0. The number of hydrogen-bond acceptors (Lipinski definition) is 4. The highest BCUT2D eigenvalue weighted by atomic mass is 31.2. The van der Waals surface area contributed by atoms with Crippen molar-refractivity contribution in [2.75, 3.05) is 0 Å². The SMILES string of the molecule is CC(C)CC[n+]1ccccc1.CC(C)CC[n+]1ccccc1.CC(C)CC[n+]1ccccc1.O=P([O-])([O-])[O-]. The van der Waals surface area contributed by atoms with E-state index in [2.05, 4.69) is 129 Å². The molecule has 3 heterocycles. The Bertz CT molecular complexity index is 845. The average molecular weight is 546 g/mol. The van der Waals surface area contributed by atoms with E-state index in [1.54, 1.807) is 0 Å². The summed E-state index contributed by atoms with van der Waals surface area (Å²) < 4.78 is 15.2. The van der Waals surface area contributed by atoms with Gasteiger partial charge in [-0.25, -0.2) is 13.7 Å². The van der Waals surface area contributed by atoms with E-state index in [0.717, 1.165) is 37.4 Å². The van der Waals surface area contributed by atoms with Gasteiger partial charge in [0.25, 0.3) is 0 Å². The van der Waals surface area contributed by atoms with Crippen LogP contribution in [0.3, 0.4) is 0 Å². The van der Waals surface area contributed by atoms with Gasteiger partial charge in [-0.3, -0.25) is 0 Å². The summed E-state index contributed by atoms with van der Waals surface area (Å²) in [5.41, 5.74) is 0. The van der Waals surface area contributed by atoms with Crippen LogP contribution in [0.2, 0.25) is 0 Å². The Morgan fingerprint density at radius 1 is 0.474 bits per heavy atom. The van der Waals surface area contributed by atoms with Gasteiger partial charge in [0, 0.05) is 55.7 Å². The summed E-state index contributed by atoms with van der Waals surface area (Å²) in [5.74, 6) is 2.38. The number of rotatable bonds is 9. The molecule has 0 amide bonds. The fourth-order valence-corrected chi connectivity index (χ4v) is 2.97. The molecule has 0 saturated heterocycles. The number of phosphoric acid groups is 1. The Balaban J connectivity index is 0.000000497. The monoisotopic (exact) mass is 545 g/mol. The lowest BCUT2D eigenvalue weighted by atomic mass is 10.1. The molecule has 3 aromatic rings. The summed E-state index contributed by atoms with van der Waals surface area (Å²) in [6, 6.07) is 18.6. The molecule has 0 fully saturated rings. The van der Waals surface area contributed by atoms with Crippen molar-refractivity contribution in [1.82, 2.24) is 0 Å². The Kier molecular flexibility index (Phi) is 20.1. The lowest BCUT2D eigenvalue weighted by Gasteiger charge is -2.36. The maximum absolute atomic E-state index is 8.55. The van der Waals surface area contributed by atoms with Crippen LogP contribution in [0.25, 0.3) is 0 Å². The second-order valence-electron chi connectivity index (χ2n) is 10.3. The van der Waals surface area contributed by atoms with Gasteiger partial charge in [0.05, 0.1) is 0 Å². The normalized spacial score (nSPS) is 10.6. The van der Waals surface area contributed by atoms with Gasteiger partial charge < -0.3 is 19.2 Å². The molecule has 8 heteroatoms. The second kappa shape index (κ2) is 21.5. The highest BCUT2D eigenvalue weighted by molar-refractivity contribution is 7.40. The van der Waals surface area contributed by atoms with Crippen molar-refractivity contribution in [2.45, 2.75) is 80.4 Å². The quantitative estimate of drug-likeness (QED) is 0.305. The predicted molar refractivity (Wildman–Crippen MR) is 146 cm³/mol. The Morgan fingerprint density at radius 3 is 0.816 bits per heavy atom. The second-order valence-corrected chi connectivity index (χ2v) is 11.2. The molecular weight excluding hydrogens is 497 g/mol. The molecule has 0 aliphatic heterocycles. The van der Waals surface area contributed by atoms with E-state index in [9.17, 15) is 0 Å².